The average Bonchev–Trinajstić information content (AvgIpc) is 2.53. The normalized spacial score (nSPS) is 16.9. The van der Waals surface area contributed by atoms with Gasteiger partial charge in [-0.1, -0.05) is 26.0 Å². The van der Waals surface area contributed by atoms with Crippen LogP contribution in [0.1, 0.15) is 19.4 Å². The summed E-state index contributed by atoms with van der Waals surface area (Å²) in [7, 11) is 1.68. The Labute approximate surface area is 126 Å². The largest absolute Gasteiger partial charge is 0.497 e. The number of methoxy groups -OCH3 is 1. The Morgan fingerprint density at radius 2 is 2.10 bits per heavy atom. The molecule has 2 N–H and O–H groups in total. The molecule has 1 heterocycles. The van der Waals surface area contributed by atoms with Gasteiger partial charge in [0, 0.05) is 18.5 Å². The highest BCUT2D eigenvalue weighted by molar-refractivity contribution is 5.78. The number of rotatable bonds is 4. The molecule has 1 aliphatic rings. The molecule has 0 bridgehead atoms. The van der Waals surface area contributed by atoms with Crippen LogP contribution in [-0.4, -0.2) is 50.8 Å². The summed E-state index contributed by atoms with van der Waals surface area (Å²) in [6, 6.07) is 8.11. The van der Waals surface area contributed by atoms with E-state index in [-0.39, 0.29) is 5.41 Å². The first-order valence-corrected chi connectivity index (χ1v) is 7.30. The second kappa shape index (κ2) is 6.80. The van der Waals surface area contributed by atoms with Gasteiger partial charge in [-0.15, -0.1) is 0 Å². The predicted octanol–water partition coefficient (Wildman–Crippen LogP) is 1.62. The zero-order valence-electron chi connectivity index (χ0n) is 13.1. The fourth-order valence-electron chi connectivity index (χ4n) is 2.31. The lowest BCUT2D eigenvalue weighted by atomic mass is 9.85. The topological polar surface area (TPSA) is 60.1 Å². The lowest BCUT2D eigenvalue weighted by Gasteiger charge is -2.29. The number of ether oxygens (including phenoxy) is 2. The van der Waals surface area contributed by atoms with Crippen LogP contribution >= 0.6 is 0 Å². The Bertz CT molecular complexity index is 494. The Hall–Kier alpha value is -1.75. The molecule has 0 amide bonds. The summed E-state index contributed by atoms with van der Waals surface area (Å²) < 4.78 is 10.6. The Kier molecular flexibility index (Phi) is 5.07. The third-order valence-corrected chi connectivity index (χ3v) is 3.82. The van der Waals surface area contributed by atoms with E-state index in [1.54, 1.807) is 7.11 Å². The number of aliphatic imine (C=N–C) groups is 1. The van der Waals surface area contributed by atoms with Crippen LogP contribution in [0.3, 0.4) is 0 Å². The van der Waals surface area contributed by atoms with E-state index in [1.807, 2.05) is 12.1 Å². The van der Waals surface area contributed by atoms with Crippen LogP contribution in [0.25, 0.3) is 0 Å². The van der Waals surface area contributed by atoms with E-state index in [9.17, 15) is 0 Å². The van der Waals surface area contributed by atoms with Crippen molar-refractivity contribution in [1.29, 1.82) is 0 Å². The van der Waals surface area contributed by atoms with Crippen molar-refractivity contribution in [1.82, 2.24) is 4.90 Å². The van der Waals surface area contributed by atoms with Gasteiger partial charge >= 0.3 is 0 Å². The zero-order chi connectivity index (χ0) is 15.3. The van der Waals surface area contributed by atoms with Gasteiger partial charge in [-0.2, -0.15) is 0 Å². The minimum absolute atomic E-state index is 0.0918. The molecule has 1 saturated heterocycles. The molecule has 5 nitrogen and oxygen atoms in total. The zero-order valence-corrected chi connectivity index (χ0v) is 13.1. The van der Waals surface area contributed by atoms with Crippen LogP contribution in [0.4, 0.5) is 0 Å². The smallest absolute Gasteiger partial charge is 0.191 e. The monoisotopic (exact) mass is 291 g/mol. The van der Waals surface area contributed by atoms with Gasteiger partial charge in [0.1, 0.15) is 5.75 Å². The summed E-state index contributed by atoms with van der Waals surface area (Å²) in [5, 5.41) is 0. The maximum Gasteiger partial charge on any atom is 0.191 e. The van der Waals surface area contributed by atoms with Crippen LogP contribution in [0.15, 0.2) is 29.3 Å². The second-order valence-electron chi connectivity index (χ2n) is 5.89. The van der Waals surface area contributed by atoms with Gasteiger partial charge in [-0.3, -0.25) is 4.99 Å². The molecular weight excluding hydrogens is 266 g/mol. The number of guanidine groups is 1. The van der Waals surface area contributed by atoms with Crippen molar-refractivity contribution >= 4 is 5.96 Å². The van der Waals surface area contributed by atoms with Crippen molar-refractivity contribution in [3.8, 4) is 5.75 Å². The maximum absolute atomic E-state index is 6.09. The number of morpholine rings is 1. The SMILES string of the molecule is COc1cccc(C(C)(C)CN=C(N)N2CCOCC2)c1. The molecule has 0 aromatic heterocycles. The molecule has 2 rings (SSSR count). The van der Waals surface area contributed by atoms with E-state index in [1.165, 1.54) is 5.56 Å². The second-order valence-corrected chi connectivity index (χ2v) is 5.89. The first-order chi connectivity index (χ1) is 10.0. The number of hydrogen-bond acceptors (Lipinski definition) is 3. The minimum atomic E-state index is -0.0918. The molecule has 1 fully saturated rings. The van der Waals surface area contributed by atoms with Crippen molar-refractivity contribution in [3.05, 3.63) is 29.8 Å². The highest BCUT2D eigenvalue weighted by atomic mass is 16.5. The third-order valence-electron chi connectivity index (χ3n) is 3.82. The van der Waals surface area contributed by atoms with Crippen LogP contribution in [0.2, 0.25) is 0 Å². The van der Waals surface area contributed by atoms with Crippen molar-refractivity contribution in [2.24, 2.45) is 10.7 Å². The molecule has 1 aliphatic heterocycles. The van der Waals surface area contributed by atoms with E-state index in [2.05, 4.69) is 35.9 Å². The highest BCUT2D eigenvalue weighted by Crippen LogP contribution is 2.26. The van der Waals surface area contributed by atoms with Gasteiger partial charge in [-0.25, -0.2) is 0 Å². The summed E-state index contributed by atoms with van der Waals surface area (Å²) in [5.41, 5.74) is 7.19. The first kappa shape index (κ1) is 15.6. The first-order valence-electron chi connectivity index (χ1n) is 7.30. The molecule has 1 aromatic rings. The average molecular weight is 291 g/mol. The van der Waals surface area contributed by atoms with Gasteiger partial charge in [0.25, 0.3) is 0 Å². The van der Waals surface area contributed by atoms with Crippen LogP contribution in [0.5, 0.6) is 5.75 Å². The summed E-state index contributed by atoms with van der Waals surface area (Å²) in [5.74, 6) is 1.47. The highest BCUT2D eigenvalue weighted by Gasteiger charge is 2.21. The van der Waals surface area contributed by atoms with Gasteiger partial charge in [0.15, 0.2) is 5.96 Å². The van der Waals surface area contributed by atoms with Gasteiger partial charge in [0.2, 0.25) is 0 Å². The summed E-state index contributed by atoms with van der Waals surface area (Å²) >= 11 is 0. The molecule has 0 aliphatic carbocycles. The molecule has 0 atom stereocenters. The standard InChI is InChI=1S/C16H25N3O2/c1-16(2,13-5-4-6-14(11-13)20-3)12-18-15(17)19-7-9-21-10-8-19/h4-6,11H,7-10,12H2,1-3H3,(H2,17,18). The van der Waals surface area contributed by atoms with Gasteiger partial charge < -0.3 is 20.1 Å². The lowest BCUT2D eigenvalue weighted by Crippen LogP contribution is -2.45. The Morgan fingerprint density at radius 3 is 2.76 bits per heavy atom. The number of nitrogens with two attached hydrogens (primary N) is 1. The molecule has 116 valence electrons. The number of nitrogens with zero attached hydrogens (tertiary/aromatic N) is 2. The third kappa shape index (κ3) is 4.11. The van der Waals surface area contributed by atoms with E-state index in [0.717, 1.165) is 32.1 Å². The minimum Gasteiger partial charge on any atom is -0.497 e. The maximum atomic E-state index is 6.09. The fraction of sp³-hybridized carbons (Fsp3) is 0.562. The van der Waals surface area contributed by atoms with E-state index in [0.29, 0.717) is 12.5 Å². The van der Waals surface area contributed by atoms with Crippen molar-refractivity contribution in [2.75, 3.05) is 40.0 Å². The molecule has 0 unspecified atom stereocenters. The molecule has 0 radical (unpaired) electrons. The van der Waals surface area contributed by atoms with Gasteiger partial charge in [-0.05, 0) is 17.7 Å². The Balaban J connectivity index is 2.05. The van der Waals surface area contributed by atoms with Crippen molar-refractivity contribution in [2.45, 2.75) is 19.3 Å². The van der Waals surface area contributed by atoms with E-state index >= 15 is 0 Å². The van der Waals surface area contributed by atoms with Crippen LogP contribution in [0, 0.1) is 0 Å². The molecule has 5 heteroatoms. The molecule has 21 heavy (non-hydrogen) atoms. The summed E-state index contributed by atoms with van der Waals surface area (Å²) in [6.45, 7) is 8.04. The predicted molar refractivity (Wildman–Crippen MR) is 84.9 cm³/mol. The fourth-order valence-corrected chi connectivity index (χ4v) is 2.31. The lowest BCUT2D eigenvalue weighted by molar-refractivity contribution is 0.0674. The molecule has 0 spiro atoms. The molecule has 0 saturated carbocycles. The van der Waals surface area contributed by atoms with Crippen LogP contribution in [-0.2, 0) is 10.2 Å². The van der Waals surface area contributed by atoms with E-state index < -0.39 is 0 Å². The van der Waals surface area contributed by atoms with Crippen LogP contribution < -0.4 is 10.5 Å². The number of hydrogen-bond donors (Lipinski definition) is 1. The van der Waals surface area contributed by atoms with Gasteiger partial charge in [0.05, 0.1) is 26.9 Å². The quantitative estimate of drug-likeness (QED) is 0.676. The Morgan fingerprint density at radius 1 is 1.38 bits per heavy atom. The van der Waals surface area contributed by atoms with E-state index in [4.69, 9.17) is 15.2 Å². The summed E-state index contributed by atoms with van der Waals surface area (Å²) in [4.78, 5) is 6.65. The van der Waals surface area contributed by atoms with Crippen molar-refractivity contribution in [3.63, 3.8) is 0 Å². The number of benzene rings is 1. The molecular formula is C16H25N3O2. The van der Waals surface area contributed by atoms with Crippen molar-refractivity contribution < 1.29 is 9.47 Å². The molecule has 1 aromatic carbocycles. The summed E-state index contributed by atoms with van der Waals surface area (Å²) in [6.07, 6.45) is 0.